The summed E-state index contributed by atoms with van der Waals surface area (Å²) in [5.74, 6) is -0.176. The molecule has 0 radical (unpaired) electrons. The smallest absolute Gasteiger partial charge is 0.286 e. The Morgan fingerprint density at radius 1 is 1.26 bits per heavy atom. The number of amides is 1. The van der Waals surface area contributed by atoms with Crippen LogP contribution in [0.2, 0.25) is 5.02 Å². The largest absolute Gasteiger partial charge is 0.493 e. The summed E-state index contributed by atoms with van der Waals surface area (Å²) in [5.41, 5.74) is 0.0864. The van der Waals surface area contributed by atoms with Crippen molar-refractivity contribution >= 4 is 49.9 Å². The quantitative estimate of drug-likeness (QED) is 0.335. The lowest BCUT2D eigenvalue weighted by Crippen LogP contribution is -2.43. The van der Waals surface area contributed by atoms with Crippen molar-refractivity contribution in [3.05, 3.63) is 51.0 Å². The number of hydrogen-bond acceptors (Lipinski definition) is 9. The third-order valence-electron chi connectivity index (χ3n) is 5.51. The Morgan fingerprint density at radius 2 is 1.97 bits per heavy atom. The maximum absolute atomic E-state index is 13.8. The summed E-state index contributed by atoms with van der Waals surface area (Å²) in [6.07, 6.45) is 0. The molecule has 0 N–H and O–H groups in total. The molecule has 180 valence electrons. The summed E-state index contributed by atoms with van der Waals surface area (Å²) in [5, 5.41) is 12.7. The topological polar surface area (TPSA) is 107 Å². The molecule has 1 amide bonds. The predicted molar refractivity (Wildman–Crippen MR) is 130 cm³/mol. The lowest BCUT2D eigenvalue weighted by molar-refractivity contribution is -0.385. The molecule has 0 saturated carbocycles. The molecule has 34 heavy (non-hydrogen) atoms. The van der Waals surface area contributed by atoms with Crippen molar-refractivity contribution in [2.75, 3.05) is 58.5 Å². The van der Waals surface area contributed by atoms with Gasteiger partial charge < -0.3 is 14.2 Å². The van der Waals surface area contributed by atoms with Gasteiger partial charge in [0.15, 0.2) is 16.6 Å². The first-order valence-electron chi connectivity index (χ1n) is 10.5. The van der Waals surface area contributed by atoms with E-state index in [1.807, 2.05) is 12.1 Å². The van der Waals surface area contributed by atoms with Crippen molar-refractivity contribution in [2.24, 2.45) is 0 Å². The van der Waals surface area contributed by atoms with E-state index in [-0.39, 0.29) is 29.3 Å². The molecule has 1 fully saturated rings. The van der Waals surface area contributed by atoms with Crippen LogP contribution in [0.15, 0.2) is 30.3 Å². The van der Waals surface area contributed by atoms with E-state index in [1.54, 1.807) is 6.07 Å². The molecule has 1 aliphatic heterocycles. The first kappa shape index (κ1) is 24.1. The standard InChI is InChI=1S/C22H23ClN4O6S/c1-31-17-12-14(16(27(29)30)13-18(17)32-2)21(28)26(7-6-25-8-10-33-11-9-25)22-24-20-15(23)4-3-5-19(20)34-22/h3-5,12-13H,6-11H2,1-2H3. The molecule has 0 unspecified atom stereocenters. The first-order chi connectivity index (χ1) is 16.4. The Morgan fingerprint density at radius 3 is 2.62 bits per heavy atom. The summed E-state index contributed by atoms with van der Waals surface area (Å²) in [6, 6.07) is 7.94. The maximum atomic E-state index is 13.8. The highest BCUT2D eigenvalue weighted by Gasteiger charge is 2.31. The van der Waals surface area contributed by atoms with Crippen LogP contribution in [-0.4, -0.2) is 74.3 Å². The third kappa shape index (κ3) is 4.92. The molecule has 0 bridgehead atoms. The predicted octanol–water partition coefficient (Wildman–Crippen LogP) is 3.85. The van der Waals surface area contributed by atoms with E-state index in [4.69, 9.17) is 25.8 Å². The number of benzene rings is 2. The zero-order valence-corrected chi connectivity index (χ0v) is 20.2. The number of nitro benzene ring substituents is 1. The third-order valence-corrected chi connectivity index (χ3v) is 6.86. The van der Waals surface area contributed by atoms with Gasteiger partial charge in [0.25, 0.3) is 11.6 Å². The summed E-state index contributed by atoms with van der Waals surface area (Å²) in [4.78, 5) is 33.2. The van der Waals surface area contributed by atoms with Gasteiger partial charge in [-0.25, -0.2) is 4.98 Å². The molecule has 12 heteroatoms. The minimum Gasteiger partial charge on any atom is -0.493 e. The highest BCUT2D eigenvalue weighted by atomic mass is 35.5. The van der Waals surface area contributed by atoms with Crippen LogP contribution in [-0.2, 0) is 4.74 Å². The van der Waals surface area contributed by atoms with Crippen LogP contribution in [0.1, 0.15) is 10.4 Å². The fraction of sp³-hybridized carbons (Fsp3) is 0.364. The normalized spacial score (nSPS) is 14.2. The van der Waals surface area contributed by atoms with Gasteiger partial charge in [-0.3, -0.25) is 24.7 Å². The molecule has 0 spiro atoms. The second-order valence-electron chi connectivity index (χ2n) is 7.48. The molecule has 4 rings (SSSR count). The number of fused-ring (bicyclic) bond motifs is 1. The van der Waals surface area contributed by atoms with Crippen molar-refractivity contribution < 1.29 is 23.9 Å². The SMILES string of the molecule is COc1cc(C(=O)N(CCN2CCOCC2)c2nc3c(Cl)cccc3s2)c([N+](=O)[O-])cc1OC. The Hall–Kier alpha value is -2.99. The number of ether oxygens (including phenoxy) is 3. The molecule has 0 atom stereocenters. The summed E-state index contributed by atoms with van der Waals surface area (Å²) >= 11 is 7.61. The van der Waals surface area contributed by atoms with Gasteiger partial charge in [-0.2, -0.15) is 0 Å². The van der Waals surface area contributed by atoms with Crippen LogP contribution in [0.3, 0.4) is 0 Å². The number of carbonyl (C=O) groups excluding carboxylic acids is 1. The zero-order chi connectivity index (χ0) is 24.2. The van der Waals surface area contributed by atoms with Crippen LogP contribution in [0.5, 0.6) is 11.5 Å². The number of anilines is 1. The van der Waals surface area contributed by atoms with Crippen LogP contribution < -0.4 is 14.4 Å². The average molecular weight is 507 g/mol. The number of halogens is 1. The van der Waals surface area contributed by atoms with E-state index in [0.29, 0.717) is 35.4 Å². The number of para-hydroxylation sites is 1. The number of nitro groups is 1. The van der Waals surface area contributed by atoms with Crippen molar-refractivity contribution in [1.82, 2.24) is 9.88 Å². The molecule has 1 aromatic heterocycles. The minimum absolute atomic E-state index is 0.116. The number of nitrogens with zero attached hydrogens (tertiary/aromatic N) is 4. The molecule has 0 aliphatic carbocycles. The monoisotopic (exact) mass is 506 g/mol. The molecule has 1 saturated heterocycles. The zero-order valence-electron chi connectivity index (χ0n) is 18.7. The second kappa shape index (κ2) is 10.5. The van der Waals surface area contributed by atoms with Crippen LogP contribution in [0.4, 0.5) is 10.8 Å². The van der Waals surface area contributed by atoms with E-state index in [9.17, 15) is 14.9 Å². The lowest BCUT2D eigenvalue weighted by atomic mass is 10.1. The molecule has 10 nitrogen and oxygen atoms in total. The number of hydrogen-bond donors (Lipinski definition) is 0. The minimum atomic E-state index is -0.607. The van der Waals surface area contributed by atoms with Crippen molar-refractivity contribution in [3.8, 4) is 11.5 Å². The van der Waals surface area contributed by atoms with E-state index in [2.05, 4.69) is 9.88 Å². The fourth-order valence-corrected chi connectivity index (χ4v) is 4.99. The summed E-state index contributed by atoms with van der Waals surface area (Å²) in [7, 11) is 2.78. The fourth-order valence-electron chi connectivity index (χ4n) is 3.70. The van der Waals surface area contributed by atoms with Gasteiger partial charge in [0.2, 0.25) is 0 Å². The highest BCUT2D eigenvalue weighted by molar-refractivity contribution is 7.22. The Labute approximate surface area is 204 Å². The number of morpholine rings is 1. The number of methoxy groups -OCH3 is 2. The number of rotatable bonds is 8. The molecule has 1 aliphatic rings. The average Bonchev–Trinajstić information content (AvgIpc) is 3.29. The Balaban J connectivity index is 1.76. The number of carbonyl (C=O) groups is 1. The van der Waals surface area contributed by atoms with Crippen molar-refractivity contribution in [1.29, 1.82) is 0 Å². The molecule has 3 aromatic rings. The van der Waals surface area contributed by atoms with E-state index in [0.717, 1.165) is 17.8 Å². The van der Waals surface area contributed by atoms with Gasteiger partial charge in [-0.05, 0) is 12.1 Å². The highest BCUT2D eigenvalue weighted by Crippen LogP contribution is 2.37. The van der Waals surface area contributed by atoms with Gasteiger partial charge in [0.05, 0.1) is 48.1 Å². The van der Waals surface area contributed by atoms with Gasteiger partial charge in [0.1, 0.15) is 11.1 Å². The van der Waals surface area contributed by atoms with Gasteiger partial charge >= 0.3 is 0 Å². The Kier molecular flexibility index (Phi) is 7.47. The van der Waals surface area contributed by atoms with Crippen molar-refractivity contribution in [2.45, 2.75) is 0 Å². The second-order valence-corrected chi connectivity index (χ2v) is 8.89. The van der Waals surface area contributed by atoms with Crippen LogP contribution in [0, 0.1) is 10.1 Å². The molecule has 2 aromatic carbocycles. The molecular formula is C22H23ClN4O6S. The van der Waals surface area contributed by atoms with E-state index in [1.165, 1.54) is 42.6 Å². The lowest BCUT2D eigenvalue weighted by Gasteiger charge is -2.29. The first-order valence-corrected chi connectivity index (χ1v) is 11.7. The van der Waals surface area contributed by atoms with Gasteiger partial charge in [-0.15, -0.1) is 0 Å². The van der Waals surface area contributed by atoms with Crippen molar-refractivity contribution in [3.63, 3.8) is 0 Å². The molecule has 2 heterocycles. The number of thiazole rings is 1. The van der Waals surface area contributed by atoms with Gasteiger partial charge in [0, 0.05) is 32.2 Å². The van der Waals surface area contributed by atoms with E-state index >= 15 is 0 Å². The van der Waals surface area contributed by atoms with E-state index < -0.39 is 10.8 Å². The van der Waals surface area contributed by atoms with Crippen LogP contribution in [0.25, 0.3) is 10.2 Å². The van der Waals surface area contributed by atoms with Crippen LogP contribution >= 0.6 is 22.9 Å². The maximum Gasteiger partial charge on any atom is 0.286 e. The summed E-state index contributed by atoms with van der Waals surface area (Å²) < 4.78 is 16.7. The van der Waals surface area contributed by atoms with Gasteiger partial charge in [-0.1, -0.05) is 29.0 Å². The molecular weight excluding hydrogens is 484 g/mol. The Bertz CT molecular complexity index is 1210. The number of aromatic nitrogens is 1. The summed E-state index contributed by atoms with van der Waals surface area (Å²) in [6.45, 7) is 3.55.